The fraction of sp³-hybridized carbons (Fsp3) is 0.265. The molecule has 2 amide bonds. The molecular formula is C34H30N2O6. The molecule has 1 aliphatic carbocycles. The first-order chi connectivity index (χ1) is 20.4. The van der Waals surface area contributed by atoms with E-state index in [9.17, 15) is 19.2 Å². The van der Waals surface area contributed by atoms with Crippen LogP contribution in [0.3, 0.4) is 0 Å². The summed E-state index contributed by atoms with van der Waals surface area (Å²) in [6, 6.07) is 20.9. The van der Waals surface area contributed by atoms with E-state index in [2.05, 4.69) is 0 Å². The van der Waals surface area contributed by atoms with Crippen molar-refractivity contribution in [3.63, 3.8) is 0 Å². The number of methoxy groups -OCH3 is 1. The van der Waals surface area contributed by atoms with Crippen LogP contribution in [0.15, 0.2) is 72.8 Å². The van der Waals surface area contributed by atoms with Gasteiger partial charge in [-0.1, -0.05) is 43.2 Å². The summed E-state index contributed by atoms with van der Waals surface area (Å²) in [6.45, 7) is 1.50. The number of hydrogen-bond donors (Lipinski definition) is 0. The van der Waals surface area contributed by atoms with Crippen molar-refractivity contribution in [1.82, 2.24) is 4.98 Å². The number of ether oxygens (including phenoxy) is 2. The number of carbonyl (C=O) groups is 4. The van der Waals surface area contributed by atoms with E-state index in [0.29, 0.717) is 44.7 Å². The fourth-order valence-electron chi connectivity index (χ4n) is 5.98. The average molecular weight is 563 g/mol. The van der Waals surface area contributed by atoms with Crippen LogP contribution >= 0.6 is 0 Å². The second-order valence-electron chi connectivity index (χ2n) is 10.8. The number of carbonyl (C=O) groups excluding carboxylic acids is 4. The highest BCUT2D eigenvalue weighted by molar-refractivity contribution is 6.22. The summed E-state index contributed by atoms with van der Waals surface area (Å²) in [6.07, 6.45) is 3.46. The minimum atomic E-state index is -0.636. The number of Topliss-reactive ketones (excluding diaryl/α,β-unsaturated/α-hetero) is 1. The van der Waals surface area contributed by atoms with Crippen LogP contribution in [0.4, 0.5) is 5.69 Å². The van der Waals surface area contributed by atoms with Gasteiger partial charge in [0.05, 0.1) is 41.4 Å². The molecule has 1 saturated carbocycles. The quantitative estimate of drug-likeness (QED) is 0.156. The first-order valence-corrected chi connectivity index (χ1v) is 14.1. The summed E-state index contributed by atoms with van der Waals surface area (Å²) < 4.78 is 10.6. The van der Waals surface area contributed by atoms with Gasteiger partial charge in [0, 0.05) is 16.5 Å². The Morgan fingerprint density at radius 1 is 0.905 bits per heavy atom. The second kappa shape index (κ2) is 11.2. The van der Waals surface area contributed by atoms with Crippen LogP contribution in [0.1, 0.15) is 52.0 Å². The van der Waals surface area contributed by atoms with Crippen molar-refractivity contribution in [2.45, 2.75) is 32.6 Å². The SMILES string of the molecule is COc1ccc(C(=O)COC(=O)c2cc(-c3ccc(N4C(=O)C5CCCCC5C4=O)cc3)nc3c(C)cccc23)cc1. The highest BCUT2D eigenvalue weighted by Crippen LogP contribution is 2.40. The van der Waals surface area contributed by atoms with Crippen LogP contribution < -0.4 is 9.64 Å². The number of hydrogen-bond acceptors (Lipinski definition) is 7. The Morgan fingerprint density at radius 3 is 2.21 bits per heavy atom. The van der Waals surface area contributed by atoms with Crippen molar-refractivity contribution in [2.24, 2.45) is 11.8 Å². The summed E-state index contributed by atoms with van der Waals surface area (Å²) in [5, 5.41) is 0.619. The van der Waals surface area contributed by atoms with E-state index < -0.39 is 12.6 Å². The number of aryl methyl sites for hydroxylation is 1. The zero-order valence-electron chi connectivity index (χ0n) is 23.5. The monoisotopic (exact) mass is 562 g/mol. The van der Waals surface area contributed by atoms with Gasteiger partial charge in [-0.15, -0.1) is 0 Å². The van der Waals surface area contributed by atoms with Gasteiger partial charge in [0.15, 0.2) is 12.4 Å². The molecule has 0 spiro atoms. The predicted molar refractivity (Wildman–Crippen MR) is 157 cm³/mol. The Morgan fingerprint density at radius 2 is 1.57 bits per heavy atom. The number of anilines is 1. The normalized spacial score (nSPS) is 18.2. The molecule has 6 rings (SSSR count). The molecule has 0 bridgehead atoms. The van der Waals surface area contributed by atoms with Crippen LogP contribution in [-0.4, -0.2) is 42.3 Å². The minimum Gasteiger partial charge on any atom is -0.497 e. The van der Waals surface area contributed by atoms with Crippen LogP contribution in [-0.2, 0) is 14.3 Å². The van der Waals surface area contributed by atoms with Crippen LogP contribution in [0.5, 0.6) is 5.75 Å². The molecule has 8 nitrogen and oxygen atoms in total. The molecule has 0 N–H and O–H groups in total. The molecule has 1 aliphatic heterocycles. The van der Waals surface area contributed by atoms with Crippen LogP contribution in [0.25, 0.3) is 22.2 Å². The Bertz CT molecular complexity index is 1690. The molecule has 3 aromatic carbocycles. The molecule has 1 aromatic heterocycles. The lowest BCUT2D eigenvalue weighted by Gasteiger charge is -2.19. The van der Waals surface area contributed by atoms with Crippen molar-refractivity contribution in [2.75, 3.05) is 18.6 Å². The number of amides is 2. The lowest BCUT2D eigenvalue weighted by atomic mass is 9.81. The number of imide groups is 1. The summed E-state index contributed by atoms with van der Waals surface area (Å²) in [7, 11) is 1.54. The van der Waals surface area contributed by atoms with Crippen molar-refractivity contribution in [1.29, 1.82) is 0 Å². The van der Waals surface area contributed by atoms with Gasteiger partial charge >= 0.3 is 5.97 Å². The number of esters is 1. The Balaban J connectivity index is 1.27. The Hall–Kier alpha value is -4.85. The standard InChI is InChI=1S/C34H30N2O6/c1-20-6-5-9-25-28(34(40)42-19-30(37)22-12-16-24(41-2)17-13-22)18-29(35-31(20)25)21-10-14-23(15-11-21)36-32(38)26-7-3-4-8-27(26)33(36)39/h5-6,9-18,26-27H,3-4,7-8,19H2,1-2H3. The summed E-state index contributed by atoms with van der Waals surface area (Å²) in [5.74, 6) is -1.02. The third-order valence-corrected chi connectivity index (χ3v) is 8.27. The van der Waals surface area contributed by atoms with Crippen molar-refractivity contribution in [3.8, 4) is 17.0 Å². The highest BCUT2D eigenvalue weighted by Gasteiger charge is 2.48. The molecule has 8 heteroatoms. The lowest BCUT2D eigenvalue weighted by Crippen LogP contribution is -2.30. The summed E-state index contributed by atoms with van der Waals surface area (Å²) in [5.41, 5.74) is 4.00. The third kappa shape index (κ3) is 4.93. The zero-order valence-corrected chi connectivity index (χ0v) is 23.5. The van der Waals surface area contributed by atoms with E-state index >= 15 is 0 Å². The number of fused-ring (bicyclic) bond motifs is 2. The van der Waals surface area contributed by atoms with E-state index in [4.69, 9.17) is 14.5 Å². The summed E-state index contributed by atoms with van der Waals surface area (Å²) in [4.78, 5) is 58.2. The van der Waals surface area contributed by atoms with Gasteiger partial charge in [-0.05, 0) is 67.8 Å². The van der Waals surface area contributed by atoms with Gasteiger partial charge in [-0.2, -0.15) is 0 Å². The number of ketones is 1. The van der Waals surface area contributed by atoms with Gasteiger partial charge in [0.1, 0.15) is 5.75 Å². The van der Waals surface area contributed by atoms with E-state index in [0.717, 1.165) is 31.2 Å². The van der Waals surface area contributed by atoms with Gasteiger partial charge in [-0.25, -0.2) is 9.78 Å². The zero-order chi connectivity index (χ0) is 29.4. The number of para-hydroxylation sites is 1. The molecule has 2 aliphatic rings. The second-order valence-corrected chi connectivity index (χ2v) is 10.8. The fourth-order valence-corrected chi connectivity index (χ4v) is 5.98. The largest absolute Gasteiger partial charge is 0.497 e. The van der Waals surface area contributed by atoms with Crippen molar-refractivity contribution >= 4 is 40.2 Å². The van der Waals surface area contributed by atoms with E-state index in [1.54, 1.807) is 67.8 Å². The van der Waals surface area contributed by atoms with Gasteiger partial charge in [-0.3, -0.25) is 19.3 Å². The molecule has 2 heterocycles. The molecule has 0 radical (unpaired) electrons. The highest BCUT2D eigenvalue weighted by atomic mass is 16.5. The predicted octanol–water partition coefficient (Wildman–Crippen LogP) is 5.94. The van der Waals surface area contributed by atoms with E-state index in [1.807, 2.05) is 19.1 Å². The molecule has 42 heavy (non-hydrogen) atoms. The van der Waals surface area contributed by atoms with Gasteiger partial charge in [0.25, 0.3) is 0 Å². The molecule has 2 unspecified atom stereocenters. The molecular weight excluding hydrogens is 532 g/mol. The minimum absolute atomic E-state index is 0.119. The number of nitrogens with zero attached hydrogens (tertiary/aromatic N) is 2. The Labute approximate surface area is 243 Å². The Kier molecular flexibility index (Phi) is 7.29. The van der Waals surface area contributed by atoms with Crippen LogP contribution in [0, 0.1) is 18.8 Å². The molecule has 212 valence electrons. The van der Waals surface area contributed by atoms with E-state index in [1.165, 1.54) is 4.90 Å². The van der Waals surface area contributed by atoms with E-state index in [-0.39, 0.29) is 29.4 Å². The number of pyridine rings is 1. The third-order valence-electron chi connectivity index (χ3n) is 8.27. The van der Waals surface area contributed by atoms with Crippen molar-refractivity contribution in [3.05, 3.63) is 89.5 Å². The number of aromatic nitrogens is 1. The first-order valence-electron chi connectivity index (χ1n) is 14.1. The average Bonchev–Trinajstić information content (AvgIpc) is 3.28. The molecule has 2 atom stereocenters. The molecule has 1 saturated heterocycles. The van der Waals surface area contributed by atoms with Crippen LogP contribution in [0.2, 0.25) is 0 Å². The first kappa shape index (κ1) is 27.3. The topological polar surface area (TPSA) is 103 Å². The summed E-state index contributed by atoms with van der Waals surface area (Å²) >= 11 is 0. The van der Waals surface area contributed by atoms with Gasteiger partial charge in [0.2, 0.25) is 11.8 Å². The maximum atomic E-state index is 13.3. The number of benzene rings is 3. The smallest absolute Gasteiger partial charge is 0.339 e. The van der Waals surface area contributed by atoms with Crippen molar-refractivity contribution < 1.29 is 28.7 Å². The molecule has 2 fully saturated rings. The molecule has 4 aromatic rings. The van der Waals surface area contributed by atoms with Gasteiger partial charge < -0.3 is 9.47 Å². The maximum absolute atomic E-state index is 13.3. The number of rotatable bonds is 7. The maximum Gasteiger partial charge on any atom is 0.339 e. The lowest BCUT2D eigenvalue weighted by molar-refractivity contribution is -0.122.